The van der Waals surface area contributed by atoms with E-state index in [0.29, 0.717) is 21.9 Å². The van der Waals surface area contributed by atoms with E-state index in [1.54, 1.807) is 19.9 Å². The van der Waals surface area contributed by atoms with E-state index in [4.69, 9.17) is 9.26 Å². The number of methoxy groups -OCH3 is 1. The first-order valence-electron chi connectivity index (χ1n) is 6.43. The summed E-state index contributed by atoms with van der Waals surface area (Å²) in [6.07, 6.45) is 0.770. The number of rotatable bonds is 4. The lowest BCUT2D eigenvalue weighted by atomic mass is 10.2. The Hall–Kier alpha value is -2.15. The van der Waals surface area contributed by atoms with Crippen LogP contribution in [0.5, 0.6) is 0 Å². The normalized spacial score (nSPS) is 10.5. The number of ether oxygens (including phenoxy) is 1. The fourth-order valence-corrected chi connectivity index (χ4v) is 2.74. The van der Waals surface area contributed by atoms with Gasteiger partial charge in [0.25, 0.3) is 5.91 Å². The van der Waals surface area contributed by atoms with Crippen molar-refractivity contribution in [3.05, 3.63) is 33.5 Å². The molecule has 0 aromatic carbocycles. The number of esters is 1. The van der Waals surface area contributed by atoms with Crippen LogP contribution in [0.15, 0.2) is 10.6 Å². The lowest BCUT2D eigenvalue weighted by molar-refractivity contribution is 0.0602. The Morgan fingerprint density at radius 1 is 1.43 bits per heavy atom. The summed E-state index contributed by atoms with van der Waals surface area (Å²) in [6.45, 7) is 5.47. The number of aromatic nitrogens is 1. The minimum atomic E-state index is -0.477. The second-order valence-electron chi connectivity index (χ2n) is 4.47. The van der Waals surface area contributed by atoms with Crippen molar-refractivity contribution in [2.75, 3.05) is 12.4 Å². The number of nitrogens with zero attached hydrogens (tertiary/aromatic N) is 1. The van der Waals surface area contributed by atoms with Gasteiger partial charge in [-0.25, -0.2) is 4.79 Å². The highest BCUT2D eigenvalue weighted by Crippen LogP contribution is 2.30. The molecule has 21 heavy (non-hydrogen) atoms. The average molecular weight is 308 g/mol. The Kier molecular flexibility index (Phi) is 4.42. The first-order valence-corrected chi connectivity index (χ1v) is 7.24. The van der Waals surface area contributed by atoms with Crippen LogP contribution in [0.25, 0.3) is 0 Å². The maximum atomic E-state index is 12.2. The molecular weight excluding hydrogens is 292 g/mol. The Morgan fingerprint density at radius 2 is 2.14 bits per heavy atom. The van der Waals surface area contributed by atoms with E-state index in [2.05, 4.69) is 10.5 Å². The van der Waals surface area contributed by atoms with Crippen molar-refractivity contribution in [3.63, 3.8) is 0 Å². The molecule has 0 aliphatic rings. The summed E-state index contributed by atoms with van der Waals surface area (Å²) < 4.78 is 9.71. The summed E-state index contributed by atoms with van der Waals surface area (Å²) in [5, 5.41) is 6.90. The molecule has 6 nitrogen and oxygen atoms in total. The Bertz CT molecular complexity index is 687. The van der Waals surface area contributed by atoms with Crippen LogP contribution < -0.4 is 5.32 Å². The third-order valence-corrected chi connectivity index (χ3v) is 4.33. The number of aryl methyl sites for hydroxylation is 2. The molecule has 0 aliphatic carbocycles. The highest BCUT2D eigenvalue weighted by Gasteiger charge is 2.21. The largest absolute Gasteiger partial charge is 0.465 e. The van der Waals surface area contributed by atoms with Crippen LogP contribution in [0.3, 0.4) is 0 Å². The minimum absolute atomic E-state index is 0.217. The lowest BCUT2D eigenvalue weighted by Gasteiger charge is -2.03. The molecule has 2 rings (SSSR count). The molecule has 0 saturated carbocycles. The maximum Gasteiger partial charge on any atom is 0.340 e. The molecule has 1 N–H and O–H groups in total. The number of hydrogen-bond acceptors (Lipinski definition) is 6. The van der Waals surface area contributed by atoms with Gasteiger partial charge in [0, 0.05) is 10.4 Å². The second-order valence-corrected chi connectivity index (χ2v) is 5.60. The molecule has 1 amide bonds. The molecule has 0 bridgehead atoms. The third kappa shape index (κ3) is 2.97. The zero-order chi connectivity index (χ0) is 15.6. The van der Waals surface area contributed by atoms with Crippen molar-refractivity contribution in [3.8, 4) is 0 Å². The van der Waals surface area contributed by atoms with Crippen molar-refractivity contribution in [2.45, 2.75) is 27.2 Å². The topological polar surface area (TPSA) is 81.4 Å². The minimum Gasteiger partial charge on any atom is -0.465 e. The highest BCUT2D eigenvalue weighted by atomic mass is 32.1. The van der Waals surface area contributed by atoms with Crippen molar-refractivity contribution >= 4 is 28.2 Å². The summed E-state index contributed by atoms with van der Waals surface area (Å²) in [5.41, 5.74) is 1.25. The maximum absolute atomic E-state index is 12.2. The van der Waals surface area contributed by atoms with Gasteiger partial charge in [0.2, 0.25) is 0 Å². The van der Waals surface area contributed by atoms with Gasteiger partial charge in [-0.05, 0) is 26.3 Å². The fraction of sp³-hybridized carbons (Fsp3) is 0.357. The van der Waals surface area contributed by atoms with Crippen LogP contribution in [0.2, 0.25) is 0 Å². The smallest absolute Gasteiger partial charge is 0.340 e. The fourth-order valence-electron chi connectivity index (χ4n) is 1.76. The van der Waals surface area contributed by atoms with Gasteiger partial charge in [-0.2, -0.15) is 0 Å². The molecule has 0 aliphatic heterocycles. The van der Waals surface area contributed by atoms with E-state index in [-0.39, 0.29) is 5.69 Å². The number of hydrogen-bond donors (Lipinski definition) is 1. The molecular formula is C14H16N2O4S. The van der Waals surface area contributed by atoms with E-state index < -0.39 is 11.9 Å². The van der Waals surface area contributed by atoms with Crippen molar-refractivity contribution in [2.24, 2.45) is 0 Å². The molecule has 2 aromatic rings. The summed E-state index contributed by atoms with van der Waals surface area (Å²) >= 11 is 1.35. The zero-order valence-corrected chi connectivity index (χ0v) is 13.1. The van der Waals surface area contributed by atoms with Gasteiger partial charge in [-0.1, -0.05) is 12.1 Å². The van der Waals surface area contributed by atoms with Gasteiger partial charge < -0.3 is 14.6 Å². The molecule has 112 valence electrons. The monoisotopic (exact) mass is 308 g/mol. The van der Waals surface area contributed by atoms with Crippen LogP contribution in [0.4, 0.5) is 5.00 Å². The van der Waals surface area contributed by atoms with Crippen LogP contribution >= 0.6 is 11.3 Å². The number of carbonyl (C=O) groups is 2. The van der Waals surface area contributed by atoms with Crippen molar-refractivity contribution in [1.82, 2.24) is 5.16 Å². The van der Waals surface area contributed by atoms with Gasteiger partial charge in [-0.3, -0.25) is 4.79 Å². The number of carbonyl (C=O) groups excluding carboxylic acids is 2. The Morgan fingerprint density at radius 3 is 2.67 bits per heavy atom. The standard InChI is InChI=1S/C14H16N2O4S/c1-5-9-6-10(14(18)19-4)13(21-9)15-12(17)11-7(2)8(3)20-16-11/h6H,5H2,1-4H3,(H,15,17). The molecule has 0 atom stereocenters. The van der Waals surface area contributed by atoms with E-state index in [1.165, 1.54) is 18.4 Å². The SMILES string of the molecule is CCc1cc(C(=O)OC)c(NC(=O)c2noc(C)c2C)s1. The predicted octanol–water partition coefficient (Wildman–Crippen LogP) is 2.95. The van der Waals surface area contributed by atoms with E-state index in [0.717, 1.165) is 11.3 Å². The van der Waals surface area contributed by atoms with E-state index in [1.807, 2.05) is 6.92 Å². The van der Waals surface area contributed by atoms with Crippen LogP contribution in [0, 0.1) is 13.8 Å². The van der Waals surface area contributed by atoms with Gasteiger partial charge in [-0.15, -0.1) is 11.3 Å². The van der Waals surface area contributed by atoms with E-state index >= 15 is 0 Å². The molecule has 0 saturated heterocycles. The van der Waals surface area contributed by atoms with E-state index in [9.17, 15) is 9.59 Å². The second kappa shape index (κ2) is 6.09. The zero-order valence-electron chi connectivity index (χ0n) is 12.3. The predicted molar refractivity (Wildman–Crippen MR) is 79.0 cm³/mol. The highest BCUT2D eigenvalue weighted by molar-refractivity contribution is 7.16. The molecule has 0 unspecified atom stereocenters. The number of anilines is 1. The van der Waals surface area contributed by atoms with Gasteiger partial charge >= 0.3 is 5.97 Å². The van der Waals surface area contributed by atoms with Crippen molar-refractivity contribution < 1.29 is 18.8 Å². The summed E-state index contributed by atoms with van der Waals surface area (Å²) in [7, 11) is 1.31. The number of nitrogens with one attached hydrogen (secondary N) is 1. The van der Waals surface area contributed by atoms with Crippen LogP contribution in [0.1, 0.15) is 44.0 Å². The van der Waals surface area contributed by atoms with Crippen LogP contribution in [-0.2, 0) is 11.2 Å². The molecule has 0 fully saturated rings. The summed E-state index contributed by atoms with van der Waals surface area (Å²) in [6, 6.07) is 1.73. The third-order valence-electron chi connectivity index (χ3n) is 3.14. The van der Waals surface area contributed by atoms with Crippen LogP contribution in [-0.4, -0.2) is 24.1 Å². The number of amides is 1. The number of thiophene rings is 1. The first kappa shape index (κ1) is 15.2. The molecule has 2 heterocycles. The van der Waals surface area contributed by atoms with Crippen molar-refractivity contribution in [1.29, 1.82) is 0 Å². The quantitative estimate of drug-likeness (QED) is 0.878. The van der Waals surface area contributed by atoms with Gasteiger partial charge in [0.15, 0.2) is 5.69 Å². The van der Waals surface area contributed by atoms with Gasteiger partial charge in [0.1, 0.15) is 10.8 Å². The molecule has 0 spiro atoms. The molecule has 0 radical (unpaired) electrons. The van der Waals surface area contributed by atoms with Gasteiger partial charge in [0.05, 0.1) is 12.7 Å². The Balaban J connectivity index is 2.30. The average Bonchev–Trinajstić information content (AvgIpc) is 3.03. The Labute approximate surface area is 126 Å². The molecule has 7 heteroatoms. The summed E-state index contributed by atoms with van der Waals surface area (Å²) in [4.78, 5) is 25.0. The molecule has 2 aromatic heterocycles. The lowest BCUT2D eigenvalue weighted by Crippen LogP contribution is -2.15. The first-order chi connectivity index (χ1) is 9.97. The summed E-state index contributed by atoms with van der Waals surface area (Å²) in [5.74, 6) is -0.290.